The highest BCUT2D eigenvalue weighted by Gasteiger charge is 2.17. The number of benzene rings is 2. The average molecular weight is 257 g/mol. The fraction of sp³-hybridized carbons (Fsp3) is 0.0909. The highest BCUT2D eigenvalue weighted by atomic mass is 35.5. The summed E-state index contributed by atoms with van der Waals surface area (Å²) in [7, 11) is -2.64. The molecule has 0 amide bonds. The fourth-order valence-electron chi connectivity index (χ4n) is 1.47. The highest BCUT2D eigenvalue weighted by molar-refractivity contribution is 7.86. The molecule has 0 N–H and O–H groups in total. The van der Waals surface area contributed by atoms with E-state index in [9.17, 15) is 8.42 Å². The van der Waals surface area contributed by atoms with E-state index in [1.54, 1.807) is 6.07 Å². The Morgan fingerprint density at radius 1 is 1.12 bits per heavy atom. The van der Waals surface area contributed by atoms with Crippen LogP contribution in [0, 0.1) is 0 Å². The number of hydrogen-bond acceptors (Lipinski definition) is 3. The van der Waals surface area contributed by atoms with E-state index in [4.69, 9.17) is 11.6 Å². The Morgan fingerprint density at radius 2 is 1.69 bits per heavy atom. The molecule has 0 atom stereocenters. The molecule has 2 aromatic carbocycles. The predicted octanol–water partition coefficient (Wildman–Crippen LogP) is 2.83. The second kappa shape index (κ2) is 4.05. The molecule has 0 aliphatic carbocycles. The van der Waals surface area contributed by atoms with Gasteiger partial charge in [-0.2, -0.15) is 8.42 Å². The molecular formula is C11H9ClO3S. The van der Waals surface area contributed by atoms with Gasteiger partial charge in [0.1, 0.15) is 4.90 Å². The molecule has 2 aromatic rings. The Morgan fingerprint density at radius 3 is 2.25 bits per heavy atom. The van der Waals surface area contributed by atoms with Crippen LogP contribution in [0.2, 0.25) is 5.02 Å². The lowest BCUT2D eigenvalue weighted by molar-refractivity contribution is 0.398. The van der Waals surface area contributed by atoms with Gasteiger partial charge in [-0.05, 0) is 22.9 Å². The van der Waals surface area contributed by atoms with Gasteiger partial charge in [-0.15, -0.1) is 0 Å². The minimum absolute atomic E-state index is 0.00429. The zero-order valence-corrected chi connectivity index (χ0v) is 10.0. The van der Waals surface area contributed by atoms with Crippen molar-refractivity contribution in [3.05, 3.63) is 41.4 Å². The molecule has 0 spiro atoms. The molecule has 0 saturated heterocycles. The van der Waals surface area contributed by atoms with Crippen molar-refractivity contribution >= 4 is 32.5 Å². The maximum atomic E-state index is 11.6. The lowest BCUT2D eigenvalue weighted by atomic mass is 10.1. The van der Waals surface area contributed by atoms with Gasteiger partial charge in [-0.1, -0.05) is 35.9 Å². The quantitative estimate of drug-likeness (QED) is 0.776. The molecule has 16 heavy (non-hydrogen) atoms. The van der Waals surface area contributed by atoms with Crippen molar-refractivity contribution in [1.29, 1.82) is 0 Å². The molecule has 0 bridgehead atoms. The lowest BCUT2D eigenvalue weighted by Crippen LogP contribution is -2.03. The Labute approximate surface area is 98.7 Å². The van der Waals surface area contributed by atoms with E-state index in [0.29, 0.717) is 0 Å². The zero-order valence-electron chi connectivity index (χ0n) is 8.48. The minimum Gasteiger partial charge on any atom is -0.270 e. The molecule has 3 nitrogen and oxygen atoms in total. The molecule has 0 aliphatic rings. The first-order valence-electron chi connectivity index (χ1n) is 4.53. The maximum Gasteiger partial charge on any atom is 0.298 e. The summed E-state index contributed by atoms with van der Waals surface area (Å²) in [6.07, 6.45) is 0. The van der Waals surface area contributed by atoms with E-state index >= 15 is 0 Å². The van der Waals surface area contributed by atoms with Gasteiger partial charge in [-0.3, -0.25) is 4.18 Å². The van der Waals surface area contributed by atoms with Crippen LogP contribution in [0.1, 0.15) is 0 Å². The van der Waals surface area contributed by atoms with Crippen molar-refractivity contribution in [3.8, 4) is 0 Å². The van der Waals surface area contributed by atoms with Gasteiger partial charge in [0, 0.05) is 0 Å². The third-order valence-electron chi connectivity index (χ3n) is 2.29. The van der Waals surface area contributed by atoms with Crippen molar-refractivity contribution < 1.29 is 12.6 Å². The summed E-state index contributed by atoms with van der Waals surface area (Å²) in [6.45, 7) is 0. The zero-order chi connectivity index (χ0) is 11.8. The van der Waals surface area contributed by atoms with E-state index < -0.39 is 10.1 Å². The number of hydrogen-bond donors (Lipinski definition) is 0. The fourth-order valence-corrected chi connectivity index (χ4v) is 2.68. The van der Waals surface area contributed by atoms with Gasteiger partial charge >= 0.3 is 0 Å². The summed E-state index contributed by atoms with van der Waals surface area (Å²) >= 11 is 5.91. The van der Waals surface area contributed by atoms with Crippen LogP contribution in [0.25, 0.3) is 10.8 Å². The van der Waals surface area contributed by atoms with Gasteiger partial charge < -0.3 is 0 Å². The van der Waals surface area contributed by atoms with Gasteiger partial charge in [0.05, 0.1) is 12.1 Å². The minimum atomic E-state index is -3.75. The van der Waals surface area contributed by atoms with Crippen LogP contribution < -0.4 is 0 Å². The molecular weight excluding hydrogens is 248 g/mol. The van der Waals surface area contributed by atoms with Crippen molar-refractivity contribution in [2.45, 2.75) is 4.90 Å². The molecule has 0 fully saturated rings. The molecule has 0 radical (unpaired) electrons. The SMILES string of the molecule is COS(=O)(=O)c1cc2ccccc2cc1Cl. The van der Waals surface area contributed by atoms with Crippen molar-refractivity contribution in [2.24, 2.45) is 0 Å². The normalized spacial score (nSPS) is 11.9. The smallest absolute Gasteiger partial charge is 0.270 e. The number of halogens is 1. The predicted molar refractivity (Wildman–Crippen MR) is 63.2 cm³/mol. The molecule has 5 heteroatoms. The summed E-state index contributed by atoms with van der Waals surface area (Å²) in [6, 6.07) is 10.5. The Kier molecular flexibility index (Phi) is 2.88. The van der Waals surface area contributed by atoms with Crippen molar-refractivity contribution in [3.63, 3.8) is 0 Å². The van der Waals surface area contributed by atoms with Crippen LogP contribution in [-0.4, -0.2) is 15.5 Å². The summed E-state index contributed by atoms with van der Waals surface area (Å²) < 4.78 is 27.6. The van der Waals surface area contributed by atoms with Crippen LogP contribution >= 0.6 is 11.6 Å². The molecule has 0 aromatic heterocycles. The lowest BCUT2D eigenvalue weighted by Gasteiger charge is -2.06. The number of rotatable bonds is 2. The van der Waals surface area contributed by atoms with E-state index in [1.807, 2.05) is 24.3 Å². The van der Waals surface area contributed by atoms with Crippen LogP contribution in [0.15, 0.2) is 41.3 Å². The van der Waals surface area contributed by atoms with Gasteiger partial charge in [-0.25, -0.2) is 0 Å². The highest BCUT2D eigenvalue weighted by Crippen LogP contribution is 2.28. The Balaban J connectivity index is 2.78. The monoisotopic (exact) mass is 256 g/mol. The first-order valence-corrected chi connectivity index (χ1v) is 6.32. The molecule has 0 aliphatic heterocycles. The summed E-state index contributed by atoms with van der Waals surface area (Å²) in [5.74, 6) is 0. The molecule has 0 saturated carbocycles. The second-order valence-electron chi connectivity index (χ2n) is 3.25. The van der Waals surface area contributed by atoms with Crippen molar-refractivity contribution in [2.75, 3.05) is 7.11 Å². The third-order valence-corrected chi connectivity index (χ3v) is 4.03. The standard InChI is InChI=1S/C11H9ClO3S/c1-15-16(13,14)11-7-9-5-3-2-4-8(9)6-10(11)12/h2-7H,1H3. The summed E-state index contributed by atoms with van der Waals surface area (Å²) in [5.41, 5.74) is 0. The summed E-state index contributed by atoms with van der Waals surface area (Å²) in [5, 5.41) is 1.87. The maximum absolute atomic E-state index is 11.6. The molecule has 84 valence electrons. The topological polar surface area (TPSA) is 43.4 Å². The molecule has 2 rings (SSSR count). The average Bonchev–Trinajstić information content (AvgIpc) is 2.28. The van der Waals surface area contributed by atoms with Gasteiger partial charge in [0.25, 0.3) is 10.1 Å². The van der Waals surface area contributed by atoms with Crippen LogP contribution in [-0.2, 0) is 14.3 Å². The number of fused-ring (bicyclic) bond motifs is 1. The van der Waals surface area contributed by atoms with Gasteiger partial charge in [0.2, 0.25) is 0 Å². The second-order valence-corrected chi connectivity index (χ2v) is 5.34. The van der Waals surface area contributed by atoms with Crippen LogP contribution in [0.3, 0.4) is 0 Å². The Bertz CT molecular complexity index is 635. The van der Waals surface area contributed by atoms with E-state index in [2.05, 4.69) is 4.18 Å². The van der Waals surface area contributed by atoms with E-state index in [-0.39, 0.29) is 9.92 Å². The first kappa shape index (κ1) is 11.4. The van der Waals surface area contributed by atoms with Crippen LogP contribution in [0.4, 0.5) is 0 Å². The molecule has 0 heterocycles. The van der Waals surface area contributed by atoms with Crippen LogP contribution in [0.5, 0.6) is 0 Å². The third kappa shape index (κ3) is 1.91. The summed E-state index contributed by atoms with van der Waals surface area (Å²) in [4.78, 5) is -0.00429. The van der Waals surface area contributed by atoms with E-state index in [1.165, 1.54) is 6.07 Å². The van der Waals surface area contributed by atoms with E-state index in [0.717, 1.165) is 17.9 Å². The van der Waals surface area contributed by atoms with Crippen molar-refractivity contribution in [1.82, 2.24) is 0 Å². The first-order chi connectivity index (χ1) is 7.54. The largest absolute Gasteiger partial charge is 0.298 e. The molecule has 0 unspecified atom stereocenters. The van der Waals surface area contributed by atoms with Gasteiger partial charge in [0.15, 0.2) is 0 Å². The Hall–Kier alpha value is -1.10.